The van der Waals surface area contributed by atoms with Crippen LogP contribution in [-0.2, 0) is 9.53 Å². The molecule has 11 heavy (non-hydrogen) atoms. The van der Waals surface area contributed by atoms with Crippen molar-refractivity contribution < 1.29 is 19.7 Å². The number of carbonyl (C=O) groups excluding carboxylic acids is 1. The quantitative estimate of drug-likeness (QED) is 0.428. The number of hydrogen-bond acceptors (Lipinski definition) is 4. The van der Waals surface area contributed by atoms with Crippen LogP contribution in [0.25, 0.3) is 0 Å². The van der Waals surface area contributed by atoms with Crippen LogP contribution in [0.15, 0.2) is 12.2 Å². The maximum Gasteiger partial charge on any atom is 0.333 e. The molecule has 0 aliphatic heterocycles. The molecule has 0 bridgehead atoms. The van der Waals surface area contributed by atoms with Crippen LogP contribution in [0.5, 0.6) is 0 Å². The molecular formula is C7H12O4. The highest BCUT2D eigenvalue weighted by atomic mass is 16.5. The Kier molecular flexibility index (Phi) is 4.49. The zero-order valence-corrected chi connectivity index (χ0v) is 6.41. The lowest BCUT2D eigenvalue weighted by molar-refractivity contribution is -0.142. The second-order valence-electron chi connectivity index (χ2n) is 2.22. The molecule has 0 rings (SSSR count). The van der Waals surface area contributed by atoms with E-state index in [9.17, 15) is 4.79 Å². The number of hydrogen-bond donors (Lipinski definition) is 2. The van der Waals surface area contributed by atoms with Gasteiger partial charge in [0.05, 0.1) is 6.61 Å². The van der Waals surface area contributed by atoms with E-state index >= 15 is 0 Å². The van der Waals surface area contributed by atoms with Crippen molar-refractivity contribution in [1.82, 2.24) is 0 Å². The summed E-state index contributed by atoms with van der Waals surface area (Å²) in [6.07, 6.45) is -1.00. The van der Waals surface area contributed by atoms with Crippen LogP contribution < -0.4 is 0 Å². The van der Waals surface area contributed by atoms with Crippen molar-refractivity contribution in [2.45, 2.75) is 13.0 Å². The second-order valence-corrected chi connectivity index (χ2v) is 2.22. The van der Waals surface area contributed by atoms with Gasteiger partial charge in [0, 0.05) is 5.57 Å². The average molecular weight is 160 g/mol. The van der Waals surface area contributed by atoms with Gasteiger partial charge in [0.15, 0.2) is 0 Å². The van der Waals surface area contributed by atoms with E-state index in [1.807, 2.05) is 0 Å². The largest absolute Gasteiger partial charge is 0.460 e. The summed E-state index contributed by atoms with van der Waals surface area (Å²) in [7, 11) is 0. The SMILES string of the molecule is C=C(C)C(=O)OC[C@@H](O)CO. The Morgan fingerprint density at radius 2 is 2.27 bits per heavy atom. The van der Waals surface area contributed by atoms with Gasteiger partial charge in [-0.15, -0.1) is 0 Å². The zero-order valence-electron chi connectivity index (χ0n) is 6.41. The summed E-state index contributed by atoms with van der Waals surface area (Å²) in [5.74, 6) is -0.558. The molecule has 0 aliphatic carbocycles. The van der Waals surface area contributed by atoms with Gasteiger partial charge in [-0.3, -0.25) is 0 Å². The molecule has 0 unspecified atom stereocenters. The molecule has 0 aromatic heterocycles. The van der Waals surface area contributed by atoms with Gasteiger partial charge in [-0.1, -0.05) is 6.58 Å². The molecule has 1 atom stereocenters. The maximum atomic E-state index is 10.6. The minimum Gasteiger partial charge on any atom is -0.460 e. The van der Waals surface area contributed by atoms with Crippen molar-refractivity contribution in [1.29, 1.82) is 0 Å². The Labute approximate surface area is 65.1 Å². The fourth-order valence-corrected chi connectivity index (χ4v) is 0.348. The Morgan fingerprint density at radius 1 is 1.73 bits per heavy atom. The van der Waals surface area contributed by atoms with Crippen LogP contribution in [0.2, 0.25) is 0 Å². The third kappa shape index (κ3) is 4.52. The van der Waals surface area contributed by atoms with Crippen molar-refractivity contribution >= 4 is 5.97 Å². The van der Waals surface area contributed by atoms with E-state index in [0.717, 1.165) is 0 Å². The maximum absolute atomic E-state index is 10.6. The van der Waals surface area contributed by atoms with Crippen molar-refractivity contribution in [3.05, 3.63) is 12.2 Å². The van der Waals surface area contributed by atoms with Gasteiger partial charge < -0.3 is 14.9 Å². The molecule has 0 saturated carbocycles. The lowest BCUT2D eigenvalue weighted by Gasteiger charge is -2.07. The highest BCUT2D eigenvalue weighted by Gasteiger charge is 2.07. The minimum atomic E-state index is -1.00. The van der Waals surface area contributed by atoms with Crippen LogP contribution in [0, 0.1) is 0 Å². The number of aliphatic hydroxyl groups excluding tert-OH is 2. The van der Waals surface area contributed by atoms with E-state index in [2.05, 4.69) is 11.3 Å². The molecule has 0 heterocycles. The molecule has 64 valence electrons. The molecule has 0 spiro atoms. The number of ether oxygens (including phenoxy) is 1. The van der Waals surface area contributed by atoms with E-state index in [1.54, 1.807) is 0 Å². The van der Waals surface area contributed by atoms with Crippen LogP contribution >= 0.6 is 0 Å². The molecule has 4 heteroatoms. The number of rotatable bonds is 4. The smallest absolute Gasteiger partial charge is 0.333 e. The van der Waals surface area contributed by atoms with Gasteiger partial charge in [-0.05, 0) is 6.92 Å². The van der Waals surface area contributed by atoms with Crippen LogP contribution in [0.4, 0.5) is 0 Å². The third-order valence-electron chi connectivity index (χ3n) is 0.966. The highest BCUT2D eigenvalue weighted by Crippen LogP contribution is 1.93. The molecule has 0 aromatic carbocycles. The standard InChI is InChI=1S/C7H12O4/c1-5(2)7(10)11-4-6(9)3-8/h6,8-9H,1,3-4H2,2H3/t6-/m0/s1. The molecule has 0 radical (unpaired) electrons. The summed E-state index contributed by atoms with van der Waals surface area (Å²) in [4.78, 5) is 10.6. The average Bonchev–Trinajstić information content (AvgIpc) is 1.99. The summed E-state index contributed by atoms with van der Waals surface area (Å²) in [6, 6.07) is 0. The van der Waals surface area contributed by atoms with Crippen molar-refractivity contribution in [3.63, 3.8) is 0 Å². The molecule has 0 saturated heterocycles. The molecule has 0 aliphatic rings. The van der Waals surface area contributed by atoms with Gasteiger partial charge in [-0.25, -0.2) is 4.79 Å². The lowest BCUT2D eigenvalue weighted by atomic mass is 10.3. The molecule has 0 fully saturated rings. The number of carbonyl (C=O) groups is 1. The van der Waals surface area contributed by atoms with Gasteiger partial charge in [0.25, 0.3) is 0 Å². The van der Waals surface area contributed by atoms with Gasteiger partial charge in [0.2, 0.25) is 0 Å². The van der Waals surface area contributed by atoms with Gasteiger partial charge in [-0.2, -0.15) is 0 Å². The number of aliphatic hydroxyl groups is 2. The van der Waals surface area contributed by atoms with Crippen LogP contribution in [0.1, 0.15) is 6.92 Å². The Balaban J connectivity index is 3.54. The fraction of sp³-hybridized carbons (Fsp3) is 0.571. The molecular weight excluding hydrogens is 148 g/mol. The summed E-state index contributed by atoms with van der Waals surface area (Å²) in [5, 5.41) is 17.1. The predicted molar refractivity (Wildman–Crippen MR) is 38.9 cm³/mol. The van der Waals surface area contributed by atoms with Gasteiger partial charge >= 0.3 is 5.97 Å². The number of esters is 1. The van der Waals surface area contributed by atoms with Crippen molar-refractivity contribution in [2.24, 2.45) is 0 Å². The Hall–Kier alpha value is -0.870. The molecule has 4 nitrogen and oxygen atoms in total. The first kappa shape index (κ1) is 10.1. The third-order valence-corrected chi connectivity index (χ3v) is 0.966. The summed E-state index contributed by atoms with van der Waals surface area (Å²) in [5.41, 5.74) is 0.273. The van der Waals surface area contributed by atoms with Crippen molar-refractivity contribution in [3.8, 4) is 0 Å². The van der Waals surface area contributed by atoms with E-state index in [4.69, 9.17) is 10.2 Å². The monoisotopic (exact) mass is 160 g/mol. The zero-order chi connectivity index (χ0) is 8.85. The predicted octanol–water partition coefficient (Wildman–Crippen LogP) is -0.541. The molecule has 0 amide bonds. The van der Waals surface area contributed by atoms with E-state index < -0.39 is 18.7 Å². The first-order valence-electron chi connectivity index (χ1n) is 3.19. The summed E-state index contributed by atoms with van der Waals surface area (Å²) >= 11 is 0. The van der Waals surface area contributed by atoms with E-state index in [-0.39, 0.29) is 12.2 Å². The fourth-order valence-electron chi connectivity index (χ4n) is 0.348. The van der Waals surface area contributed by atoms with E-state index in [0.29, 0.717) is 0 Å². The van der Waals surface area contributed by atoms with Crippen LogP contribution in [-0.4, -0.2) is 35.5 Å². The molecule has 2 N–H and O–H groups in total. The Morgan fingerprint density at radius 3 is 2.64 bits per heavy atom. The summed E-state index contributed by atoms with van der Waals surface area (Å²) < 4.78 is 4.51. The van der Waals surface area contributed by atoms with E-state index in [1.165, 1.54) is 6.92 Å². The Bertz CT molecular complexity index is 153. The topological polar surface area (TPSA) is 66.8 Å². The first-order valence-corrected chi connectivity index (χ1v) is 3.19. The minimum absolute atomic E-state index is 0.192. The normalized spacial score (nSPS) is 12.3. The summed E-state index contributed by atoms with van der Waals surface area (Å²) in [6.45, 7) is 4.24. The van der Waals surface area contributed by atoms with Gasteiger partial charge in [0.1, 0.15) is 12.7 Å². The molecule has 0 aromatic rings. The highest BCUT2D eigenvalue weighted by molar-refractivity contribution is 5.86. The van der Waals surface area contributed by atoms with Crippen LogP contribution in [0.3, 0.4) is 0 Å². The lowest BCUT2D eigenvalue weighted by Crippen LogP contribution is -2.22. The first-order chi connectivity index (χ1) is 5.07. The van der Waals surface area contributed by atoms with Crippen molar-refractivity contribution in [2.75, 3.05) is 13.2 Å². The second kappa shape index (κ2) is 4.87.